The monoisotopic (exact) mass is 514 g/mol. The molecular formula is C21H21Cl3N4O3S. The molecule has 170 valence electrons. The number of halogens is 3. The average Bonchev–Trinajstić information content (AvgIpc) is 3.38. The van der Waals surface area contributed by atoms with E-state index in [0.29, 0.717) is 34.5 Å². The number of nitrogens with zero attached hydrogens (tertiary/aromatic N) is 3. The first-order valence-corrected chi connectivity index (χ1v) is 11.3. The Bertz CT molecular complexity index is 1050. The van der Waals surface area contributed by atoms with Gasteiger partial charge in [0.1, 0.15) is 19.2 Å². The van der Waals surface area contributed by atoms with E-state index in [1.165, 1.54) is 13.3 Å². The van der Waals surface area contributed by atoms with Gasteiger partial charge in [-0.3, -0.25) is 4.79 Å². The molecule has 1 fully saturated rings. The summed E-state index contributed by atoms with van der Waals surface area (Å²) in [6.07, 6.45) is 2.91. The zero-order valence-electron chi connectivity index (χ0n) is 17.0. The maximum absolute atomic E-state index is 11.2. The molecule has 2 heterocycles. The number of thioether (sulfide) groups is 1. The van der Waals surface area contributed by atoms with Crippen molar-refractivity contribution in [2.45, 2.75) is 30.3 Å². The fraction of sp³-hybridized carbons (Fsp3) is 0.286. The minimum atomic E-state index is -1.09. The zero-order valence-corrected chi connectivity index (χ0v) is 20.2. The van der Waals surface area contributed by atoms with Gasteiger partial charge in [-0.25, -0.2) is 9.67 Å². The second-order valence-corrected chi connectivity index (χ2v) is 8.97. The molecule has 1 aliphatic rings. The molecular weight excluding hydrogens is 495 g/mol. The maximum Gasteiger partial charge on any atom is 0.221 e. The third-order valence-corrected chi connectivity index (χ3v) is 6.34. The van der Waals surface area contributed by atoms with Gasteiger partial charge in [-0.15, -0.1) is 24.2 Å². The van der Waals surface area contributed by atoms with Gasteiger partial charge in [0.2, 0.25) is 11.7 Å². The molecule has 32 heavy (non-hydrogen) atoms. The molecule has 4 rings (SSSR count). The van der Waals surface area contributed by atoms with Crippen LogP contribution in [0.3, 0.4) is 0 Å². The van der Waals surface area contributed by atoms with Crippen molar-refractivity contribution in [1.29, 1.82) is 0 Å². The van der Waals surface area contributed by atoms with Crippen LogP contribution in [0.4, 0.5) is 5.69 Å². The molecule has 1 N–H and O–H groups in total. The first-order valence-electron chi connectivity index (χ1n) is 9.54. The average molecular weight is 516 g/mol. The number of ether oxygens (including phenoxy) is 2. The van der Waals surface area contributed by atoms with Crippen LogP contribution in [0.1, 0.15) is 12.5 Å². The Balaban J connectivity index is 0.00000289. The van der Waals surface area contributed by atoms with Crippen LogP contribution in [-0.4, -0.2) is 39.1 Å². The summed E-state index contributed by atoms with van der Waals surface area (Å²) in [5.41, 5.74) is 1.46. The third-order valence-electron chi connectivity index (χ3n) is 4.65. The lowest BCUT2D eigenvalue weighted by molar-refractivity contribution is -0.186. The van der Waals surface area contributed by atoms with Crippen LogP contribution in [0, 0.1) is 0 Å². The van der Waals surface area contributed by atoms with Gasteiger partial charge < -0.3 is 14.8 Å². The molecule has 2 atom stereocenters. The highest BCUT2D eigenvalue weighted by Gasteiger charge is 2.45. The molecule has 0 aliphatic carbocycles. The van der Waals surface area contributed by atoms with Crippen LogP contribution in [-0.2, 0) is 26.6 Å². The van der Waals surface area contributed by atoms with E-state index in [-0.39, 0.29) is 24.4 Å². The molecule has 11 heteroatoms. The molecule has 0 bridgehead atoms. The molecule has 1 saturated heterocycles. The number of rotatable bonds is 7. The number of amides is 1. The van der Waals surface area contributed by atoms with Crippen LogP contribution in [0.15, 0.2) is 60.0 Å². The van der Waals surface area contributed by atoms with Crippen molar-refractivity contribution in [3.63, 3.8) is 0 Å². The smallest absolute Gasteiger partial charge is 0.221 e. The fourth-order valence-corrected chi connectivity index (χ4v) is 4.73. The normalized spacial score (nSPS) is 20.0. The molecule has 0 spiro atoms. The molecule has 0 radical (unpaired) electrons. The van der Waals surface area contributed by atoms with Crippen molar-refractivity contribution in [2.75, 3.05) is 17.7 Å². The minimum absolute atomic E-state index is 0. The Kier molecular flexibility index (Phi) is 8.43. The standard InChI is InChI=1S/C21H20Cl2N4O3S.ClH/c1-14(28)26-16-3-5-18(6-4-16)31-10-17-9-29-21(30-17,11-27-13-24-12-25-27)19-7-2-15(22)8-20(19)23;/h2-8,12-13,17H,9-11H2,1H3,(H,26,28);1H/t17-,21+;/m0./s1. The molecule has 0 unspecified atom stereocenters. The number of carbonyl (C=O) groups is 1. The quantitative estimate of drug-likeness (QED) is 0.445. The van der Waals surface area contributed by atoms with Crippen LogP contribution in [0.2, 0.25) is 10.0 Å². The largest absolute Gasteiger partial charge is 0.342 e. The number of hydrogen-bond donors (Lipinski definition) is 1. The number of benzene rings is 2. The highest BCUT2D eigenvalue weighted by Crippen LogP contribution is 2.41. The van der Waals surface area contributed by atoms with E-state index in [1.54, 1.807) is 34.9 Å². The summed E-state index contributed by atoms with van der Waals surface area (Å²) in [4.78, 5) is 16.2. The van der Waals surface area contributed by atoms with Crippen molar-refractivity contribution in [3.05, 3.63) is 70.7 Å². The lowest BCUT2D eigenvalue weighted by atomic mass is 10.1. The Morgan fingerprint density at radius 2 is 2.06 bits per heavy atom. The lowest BCUT2D eigenvalue weighted by Crippen LogP contribution is -2.34. The Morgan fingerprint density at radius 1 is 1.28 bits per heavy atom. The topological polar surface area (TPSA) is 78.3 Å². The van der Waals surface area contributed by atoms with E-state index < -0.39 is 5.79 Å². The van der Waals surface area contributed by atoms with Gasteiger partial charge in [0, 0.05) is 33.8 Å². The van der Waals surface area contributed by atoms with E-state index in [9.17, 15) is 4.79 Å². The molecule has 2 aromatic carbocycles. The maximum atomic E-state index is 11.2. The molecule has 1 amide bonds. The van der Waals surface area contributed by atoms with Crippen molar-refractivity contribution in [3.8, 4) is 0 Å². The van der Waals surface area contributed by atoms with Gasteiger partial charge in [0.15, 0.2) is 0 Å². The number of aromatic nitrogens is 3. The summed E-state index contributed by atoms with van der Waals surface area (Å²) in [5, 5.41) is 7.95. The van der Waals surface area contributed by atoms with Crippen molar-refractivity contribution < 1.29 is 14.3 Å². The van der Waals surface area contributed by atoms with Crippen molar-refractivity contribution in [1.82, 2.24) is 14.8 Å². The van der Waals surface area contributed by atoms with E-state index in [2.05, 4.69) is 15.4 Å². The summed E-state index contributed by atoms with van der Waals surface area (Å²) in [6, 6.07) is 12.9. The summed E-state index contributed by atoms with van der Waals surface area (Å²) >= 11 is 14.2. The van der Waals surface area contributed by atoms with Crippen LogP contribution in [0.5, 0.6) is 0 Å². The summed E-state index contributed by atoms with van der Waals surface area (Å²) in [6.45, 7) is 2.20. The van der Waals surface area contributed by atoms with Gasteiger partial charge in [-0.05, 0) is 36.4 Å². The van der Waals surface area contributed by atoms with Gasteiger partial charge in [-0.2, -0.15) is 5.10 Å². The van der Waals surface area contributed by atoms with Crippen LogP contribution < -0.4 is 5.32 Å². The van der Waals surface area contributed by atoms with E-state index >= 15 is 0 Å². The van der Waals surface area contributed by atoms with E-state index in [0.717, 1.165) is 10.6 Å². The third kappa shape index (κ3) is 5.95. The highest BCUT2D eigenvalue weighted by atomic mass is 35.5. The van der Waals surface area contributed by atoms with Crippen molar-refractivity contribution >= 4 is 59.0 Å². The number of anilines is 1. The number of nitrogens with one attached hydrogen (secondary N) is 1. The Morgan fingerprint density at radius 3 is 2.72 bits per heavy atom. The van der Waals surface area contributed by atoms with Gasteiger partial charge in [0.25, 0.3) is 0 Å². The molecule has 1 aromatic heterocycles. The predicted octanol–water partition coefficient (Wildman–Crippen LogP) is 5.03. The van der Waals surface area contributed by atoms with Gasteiger partial charge in [0.05, 0.1) is 17.7 Å². The summed E-state index contributed by atoms with van der Waals surface area (Å²) in [5.74, 6) is -0.499. The molecule has 7 nitrogen and oxygen atoms in total. The van der Waals surface area contributed by atoms with Gasteiger partial charge in [-0.1, -0.05) is 29.3 Å². The molecule has 0 saturated carbocycles. The van der Waals surface area contributed by atoms with Crippen molar-refractivity contribution in [2.24, 2.45) is 0 Å². The Labute approximate surface area is 206 Å². The van der Waals surface area contributed by atoms with Gasteiger partial charge >= 0.3 is 0 Å². The first kappa shape index (κ1) is 24.8. The zero-order chi connectivity index (χ0) is 21.8. The lowest BCUT2D eigenvalue weighted by Gasteiger charge is -2.29. The first-order chi connectivity index (χ1) is 14.9. The van der Waals surface area contributed by atoms with Crippen LogP contribution in [0.25, 0.3) is 0 Å². The second-order valence-electron chi connectivity index (χ2n) is 7.04. The Hall–Kier alpha value is -1.81. The summed E-state index contributed by atoms with van der Waals surface area (Å²) < 4.78 is 14.3. The fourth-order valence-electron chi connectivity index (χ4n) is 3.31. The number of carbonyl (C=O) groups excluding carboxylic acids is 1. The number of hydrogen-bond acceptors (Lipinski definition) is 6. The summed E-state index contributed by atoms with van der Waals surface area (Å²) in [7, 11) is 0. The molecule has 3 aromatic rings. The highest BCUT2D eigenvalue weighted by molar-refractivity contribution is 7.99. The van der Waals surface area contributed by atoms with E-state index in [4.69, 9.17) is 32.7 Å². The predicted molar refractivity (Wildman–Crippen MR) is 128 cm³/mol. The second kappa shape index (κ2) is 10.9. The molecule has 1 aliphatic heterocycles. The van der Waals surface area contributed by atoms with Crippen LogP contribution >= 0.6 is 47.4 Å². The van der Waals surface area contributed by atoms with E-state index in [1.807, 2.05) is 30.3 Å². The minimum Gasteiger partial charge on any atom is -0.342 e. The SMILES string of the molecule is CC(=O)Nc1ccc(SC[C@@H]2CO[C@@](Cn3cncn3)(c3ccc(Cl)cc3Cl)O2)cc1.Cl.